The third-order valence-corrected chi connectivity index (χ3v) is 5.67. The summed E-state index contributed by atoms with van der Waals surface area (Å²) in [4.78, 5) is 13.8. The van der Waals surface area contributed by atoms with Crippen molar-refractivity contribution in [2.45, 2.75) is 45.3 Å². The number of carbonyl (C=O) groups excluding carboxylic acids is 1. The molecular weight excluding hydrogens is 304 g/mol. The van der Waals surface area contributed by atoms with Crippen LogP contribution in [0.15, 0.2) is 18.2 Å². The van der Waals surface area contributed by atoms with E-state index in [0.29, 0.717) is 17.7 Å². The van der Waals surface area contributed by atoms with Gasteiger partial charge < -0.3 is 14.7 Å². The molecule has 1 N–H and O–H groups in total. The summed E-state index contributed by atoms with van der Waals surface area (Å²) in [6.07, 6.45) is 2.24. The van der Waals surface area contributed by atoms with Crippen molar-refractivity contribution in [1.82, 2.24) is 0 Å². The molecule has 1 aromatic carbocycles. The van der Waals surface area contributed by atoms with Crippen LogP contribution in [-0.2, 0) is 4.74 Å². The normalized spacial score (nSPS) is 25.2. The zero-order valence-corrected chi connectivity index (χ0v) is 14.3. The van der Waals surface area contributed by atoms with Crippen LogP contribution in [-0.4, -0.2) is 42.8 Å². The van der Waals surface area contributed by atoms with Gasteiger partial charge in [-0.3, -0.25) is 4.79 Å². The Morgan fingerprint density at radius 2 is 2.17 bits per heavy atom. The molecule has 2 unspecified atom stereocenters. The minimum Gasteiger partial charge on any atom is -0.392 e. The third kappa shape index (κ3) is 2.70. The van der Waals surface area contributed by atoms with Crippen LogP contribution in [0.4, 0.5) is 5.69 Å². The highest BCUT2D eigenvalue weighted by molar-refractivity contribution is 5.95. The molecule has 1 saturated carbocycles. The third-order valence-electron chi connectivity index (χ3n) is 5.67. The number of carbonyl (C=O) groups is 1. The number of Topliss-reactive ketones (excluding diaryl/α,β-unsaturated/α-hetero) is 1. The van der Waals surface area contributed by atoms with Gasteiger partial charge in [0, 0.05) is 37.1 Å². The van der Waals surface area contributed by atoms with E-state index in [2.05, 4.69) is 11.0 Å². The standard InChI is InChI=1S/C19H24N2O3/c1-3-24-18-11-17(23)19(18)6-8-21(9-7-19)16-10-14(13(2)22)4-5-15(16)12-20/h4-5,10,17-18,23H,3,6-9,11H2,1-2H3. The molecule has 0 aromatic heterocycles. The summed E-state index contributed by atoms with van der Waals surface area (Å²) in [5.41, 5.74) is 1.89. The number of rotatable bonds is 4. The van der Waals surface area contributed by atoms with Crippen LogP contribution in [0, 0.1) is 16.7 Å². The smallest absolute Gasteiger partial charge is 0.159 e. The van der Waals surface area contributed by atoms with Crippen LogP contribution < -0.4 is 4.90 Å². The zero-order chi connectivity index (χ0) is 17.3. The minimum atomic E-state index is -0.296. The highest BCUT2D eigenvalue weighted by Gasteiger charge is 2.56. The first-order valence-corrected chi connectivity index (χ1v) is 8.61. The molecule has 1 heterocycles. The predicted octanol–water partition coefficient (Wildman–Crippen LogP) is 2.52. The second-order valence-electron chi connectivity index (χ2n) is 6.82. The number of ether oxygens (including phenoxy) is 1. The lowest BCUT2D eigenvalue weighted by atomic mass is 9.58. The van der Waals surface area contributed by atoms with Gasteiger partial charge in [0.25, 0.3) is 0 Å². The van der Waals surface area contributed by atoms with Crippen LogP contribution in [0.5, 0.6) is 0 Å². The lowest BCUT2D eigenvalue weighted by Gasteiger charge is -2.57. The quantitative estimate of drug-likeness (QED) is 0.860. The summed E-state index contributed by atoms with van der Waals surface area (Å²) in [5, 5.41) is 19.7. The molecule has 5 heteroatoms. The Kier molecular flexibility index (Phi) is 4.62. The maximum atomic E-state index is 11.6. The van der Waals surface area contributed by atoms with Gasteiger partial charge in [-0.1, -0.05) is 0 Å². The van der Waals surface area contributed by atoms with Crippen molar-refractivity contribution in [3.05, 3.63) is 29.3 Å². The fourth-order valence-electron chi connectivity index (χ4n) is 4.09. The molecule has 2 aliphatic rings. The number of hydrogen-bond donors (Lipinski definition) is 1. The van der Waals surface area contributed by atoms with Gasteiger partial charge in [0.2, 0.25) is 0 Å². The van der Waals surface area contributed by atoms with Crippen LogP contribution in [0.1, 0.15) is 49.0 Å². The Balaban J connectivity index is 1.79. The average Bonchev–Trinajstić information content (AvgIpc) is 2.61. The number of piperidine rings is 1. The van der Waals surface area contributed by atoms with E-state index in [1.807, 2.05) is 13.0 Å². The van der Waals surface area contributed by atoms with Crippen LogP contribution in [0.25, 0.3) is 0 Å². The van der Waals surface area contributed by atoms with Crippen LogP contribution in [0.3, 0.4) is 0 Å². The second kappa shape index (κ2) is 6.54. The Hall–Kier alpha value is -1.90. The van der Waals surface area contributed by atoms with E-state index in [9.17, 15) is 15.2 Å². The number of anilines is 1. The first-order chi connectivity index (χ1) is 11.5. The molecule has 1 aliphatic carbocycles. The average molecular weight is 328 g/mol. The second-order valence-corrected chi connectivity index (χ2v) is 6.82. The van der Waals surface area contributed by atoms with E-state index in [0.717, 1.165) is 38.0 Å². The van der Waals surface area contributed by atoms with Crippen molar-refractivity contribution in [3.8, 4) is 6.07 Å². The number of nitriles is 1. The van der Waals surface area contributed by atoms with Gasteiger partial charge in [0.1, 0.15) is 6.07 Å². The summed E-state index contributed by atoms with van der Waals surface area (Å²) in [7, 11) is 0. The summed E-state index contributed by atoms with van der Waals surface area (Å²) in [5.74, 6) is 0.0000412. The monoisotopic (exact) mass is 328 g/mol. The first-order valence-electron chi connectivity index (χ1n) is 8.61. The highest BCUT2D eigenvalue weighted by atomic mass is 16.5. The number of nitrogens with zero attached hydrogens (tertiary/aromatic N) is 2. The topological polar surface area (TPSA) is 73.6 Å². The molecule has 1 aliphatic heterocycles. The molecule has 128 valence electrons. The van der Waals surface area contributed by atoms with Crippen LogP contribution in [0.2, 0.25) is 0 Å². The molecule has 0 amide bonds. The maximum Gasteiger partial charge on any atom is 0.159 e. The van der Waals surface area contributed by atoms with Gasteiger partial charge in [-0.05, 0) is 44.9 Å². The molecule has 0 radical (unpaired) electrons. The van der Waals surface area contributed by atoms with Crippen LogP contribution >= 0.6 is 0 Å². The zero-order valence-electron chi connectivity index (χ0n) is 14.3. The molecule has 1 saturated heterocycles. The fraction of sp³-hybridized carbons (Fsp3) is 0.579. The minimum absolute atomic E-state index is 0.0000412. The van der Waals surface area contributed by atoms with Crippen molar-refractivity contribution in [3.63, 3.8) is 0 Å². The van der Waals surface area contributed by atoms with E-state index in [1.165, 1.54) is 6.92 Å². The molecule has 5 nitrogen and oxygen atoms in total. The first kappa shape index (κ1) is 16.9. The van der Waals surface area contributed by atoms with E-state index in [1.54, 1.807) is 12.1 Å². The lowest BCUT2D eigenvalue weighted by molar-refractivity contribution is -0.199. The molecule has 2 atom stereocenters. The predicted molar refractivity (Wildman–Crippen MR) is 91.1 cm³/mol. The molecule has 24 heavy (non-hydrogen) atoms. The number of ketones is 1. The van der Waals surface area contributed by atoms with Crippen molar-refractivity contribution < 1.29 is 14.6 Å². The summed E-state index contributed by atoms with van der Waals surface area (Å²) in [6, 6.07) is 7.46. The Morgan fingerprint density at radius 1 is 1.46 bits per heavy atom. The van der Waals surface area contributed by atoms with Crippen molar-refractivity contribution >= 4 is 11.5 Å². The van der Waals surface area contributed by atoms with Gasteiger partial charge in [0.15, 0.2) is 5.78 Å². The summed E-state index contributed by atoms with van der Waals surface area (Å²) in [6.45, 7) is 5.71. The number of aliphatic hydroxyl groups is 1. The Morgan fingerprint density at radius 3 is 2.71 bits per heavy atom. The van der Waals surface area contributed by atoms with E-state index in [4.69, 9.17) is 4.74 Å². The summed E-state index contributed by atoms with van der Waals surface area (Å²) >= 11 is 0. The van der Waals surface area contributed by atoms with Gasteiger partial charge >= 0.3 is 0 Å². The fourth-order valence-corrected chi connectivity index (χ4v) is 4.09. The SMILES string of the molecule is CCOC1CC(O)C12CCN(c1cc(C(C)=O)ccc1C#N)CC2. The van der Waals surface area contributed by atoms with Gasteiger partial charge in [0.05, 0.1) is 23.5 Å². The maximum absolute atomic E-state index is 11.6. The molecule has 1 spiro atoms. The Labute approximate surface area is 142 Å². The summed E-state index contributed by atoms with van der Waals surface area (Å²) < 4.78 is 5.80. The molecule has 3 rings (SSSR count). The van der Waals surface area contributed by atoms with Gasteiger partial charge in [-0.15, -0.1) is 0 Å². The highest BCUT2D eigenvalue weighted by Crippen LogP contribution is 2.51. The van der Waals surface area contributed by atoms with E-state index < -0.39 is 0 Å². The van der Waals surface area contributed by atoms with Gasteiger partial charge in [-0.25, -0.2) is 0 Å². The molecule has 2 fully saturated rings. The number of benzene rings is 1. The molecular formula is C19H24N2O3. The largest absolute Gasteiger partial charge is 0.392 e. The molecule has 0 bridgehead atoms. The van der Waals surface area contributed by atoms with Crippen molar-refractivity contribution in [1.29, 1.82) is 5.26 Å². The number of hydrogen-bond acceptors (Lipinski definition) is 5. The van der Waals surface area contributed by atoms with E-state index in [-0.39, 0.29) is 23.4 Å². The Bertz CT molecular complexity index is 670. The van der Waals surface area contributed by atoms with Crippen molar-refractivity contribution in [2.75, 3.05) is 24.6 Å². The molecule has 1 aromatic rings. The lowest BCUT2D eigenvalue weighted by Crippen LogP contribution is -2.62. The van der Waals surface area contributed by atoms with Crippen molar-refractivity contribution in [2.24, 2.45) is 5.41 Å². The van der Waals surface area contributed by atoms with Gasteiger partial charge in [-0.2, -0.15) is 5.26 Å². The van der Waals surface area contributed by atoms with E-state index >= 15 is 0 Å². The number of aliphatic hydroxyl groups excluding tert-OH is 1.